The molecule has 0 aliphatic carbocycles. The molecule has 61 heavy (non-hydrogen) atoms. The standard InChI is InChI=1S/C54H33N7/c55-34-39-32-38(53-58-51(36-18-4-1-5-19-36)57-52(59-53)37-20-6-2-7-21-37)33-40(35-56)50(39)61-48-30-16-12-26-44(48)54(45-27-13-17-31-49(45)61)42-24-10-14-28-46(42)60(41-22-8-3-9-23-41)47-29-15-11-25-43(47)54/h1-33H. The second kappa shape index (κ2) is 14.3. The van der Waals surface area contributed by atoms with Gasteiger partial charge in [-0.3, -0.25) is 0 Å². The van der Waals surface area contributed by atoms with E-state index in [0.29, 0.717) is 39.9 Å². The van der Waals surface area contributed by atoms with Crippen molar-refractivity contribution in [3.05, 3.63) is 234 Å². The van der Waals surface area contributed by atoms with Crippen molar-refractivity contribution in [2.75, 3.05) is 9.80 Å². The molecule has 0 saturated carbocycles. The maximum absolute atomic E-state index is 11.1. The molecule has 284 valence electrons. The minimum Gasteiger partial charge on any atom is -0.310 e. The first-order valence-electron chi connectivity index (χ1n) is 20.1. The Morgan fingerprint density at radius 2 is 0.689 bits per heavy atom. The smallest absolute Gasteiger partial charge is 0.164 e. The SMILES string of the molecule is N#Cc1cc(-c2nc(-c3ccccc3)nc(-c3ccccc3)n2)cc(C#N)c1N1c2ccccc2C2(c3ccccc3N(c3ccccc3)c3ccccc32)c2ccccc21. The highest BCUT2D eigenvalue weighted by Gasteiger charge is 2.52. The fourth-order valence-electron chi connectivity index (χ4n) is 9.28. The average Bonchev–Trinajstić information content (AvgIpc) is 3.34. The van der Waals surface area contributed by atoms with E-state index >= 15 is 0 Å². The number of anilines is 6. The molecule has 0 amide bonds. The summed E-state index contributed by atoms with van der Waals surface area (Å²) in [5.41, 5.74) is 11.9. The van der Waals surface area contributed by atoms with E-state index in [1.807, 2.05) is 78.9 Å². The van der Waals surface area contributed by atoms with Gasteiger partial charge in [0.25, 0.3) is 0 Å². The Labute approximate surface area is 353 Å². The molecule has 0 bridgehead atoms. The summed E-state index contributed by atoms with van der Waals surface area (Å²) in [6.07, 6.45) is 0. The van der Waals surface area contributed by atoms with Gasteiger partial charge >= 0.3 is 0 Å². The topological polar surface area (TPSA) is 92.7 Å². The molecule has 0 N–H and O–H groups in total. The van der Waals surface area contributed by atoms with Crippen LogP contribution >= 0.6 is 0 Å². The highest BCUT2D eigenvalue weighted by Crippen LogP contribution is 2.64. The zero-order valence-corrected chi connectivity index (χ0v) is 32.7. The van der Waals surface area contributed by atoms with Crippen LogP contribution in [0.1, 0.15) is 33.4 Å². The average molecular weight is 780 g/mol. The highest BCUT2D eigenvalue weighted by molar-refractivity contribution is 5.98. The van der Waals surface area contributed by atoms with Gasteiger partial charge in [-0.25, -0.2) is 15.0 Å². The molecule has 2 aliphatic heterocycles. The van der Waals surface area contributed by atoms with Gasteiger partial charge in [-0.05, 0) is 70.8 Å². The van der Waals surface area contributed by atoms with Crippen LogP contribution in [0.15, 0.2) is 200 Å². The largest absolute Gasteiger partial charge is 0.310 e. The van der Waals surface area contributed by atoms with Gasteiger partial charge in [-0.15, -0.1) is 0 Å². The monoisotopic (exact) mass is 779 g/mol. The van der Waals surface area contributed by atoms with Crippen molar-refractivity contribution in [2.45, 2.75) is 5.41 Å². The molecule has 1 spiro atoms. The fourth-order valence-corrected chi connectivity index (χ4v) is 9.28. The van der Waals surface area contributed by atoms with Crippen molar-refractivity contribution >= 4 is 34.1 Å². The number of hydrogen-bond acceptors (Lipinski definition) is 7. The lowest BCUT2D eigenvalue weighted by Crippen LogP contribution is -2.42. The van der Waals surface area contributed by atoms with Crippen LogP contribution in [-0.4, -0.2) is 15.0 Å². The van der Waals surface area contributed by atoms with Crippen molar-refractivity contribution < 1.29 is 0 Å². The van der Waals surface area contributed by atoms with Gasteiger partial charge in [-0.2, -0.15) is 10.5 Å². The minimum atomic E-state index is -0.756. The van der Waals surface area contributed by atoms with Crippen LogP contribution in [0.25, 0.3) is 34.2 Å². The molecule has 2 aliphatic rings. The van der Waals surface area contributed by atoms with E-state index in [1.54, 1.807) is 12.1 Å². The summed E-state index contributed by atoms with van der Waals surface area (Å²) in [5, 5.41) is 22.2. The van der Waals surface area contributed by atoms with Gasteiger partial charge in [0.1, 0.15) is 12.1 Å². The Hall–Kier alpha value is -8.65. The molecular formula is C54H33N7. The molecular weight excluding hydrogens is 747 g/mol. The molecule has 1 aromatic heterocycles. The van der Waals surface area contributed by atoms with Crippen LogP contribution in [0.3, 0.4) is 0 Å². The summed E-state index contributed by atoms with van der Waals surface area (Å²) in [6, 6.07) is 72.7. The normalized spacial score (nSPS) is 13.0. The van der Waals surface area contributed by atoms with Crippen LogP contribution < -0.4 is 9.80 Å². The van der Waals surface area contributed by atoms with Crippen LogP contribution in [0.4, 0.5) is 34.1 Å². The summed E-state index contributed by atoms with van der Waals surface area (Å²) in [5.74, 6) is 1.35. The maximum Gasteiger partial charge on any atom is 0.164 e. The number of hydrogen-bond donors (Lipinski definition) is 0. The Morgan fingerprint density at radius 3 is 1.08 bits per heavy atom. The molecule has 0 fully saturated rings. The fraction of sp³-hybridized carbons (Fsp3) is 0.0185. The number of fused-ring (bicyclic) bond motifs is 8. The number of nitrogens with zero attached hydrogens (tertiary/aromatic N) is 7. The summed E-state index contributed by atoms with van der Waals surface area (Å²) >= 11 is 0. The summed E-state index contributed by atoms with van der Waals surface area (Å²) < 4.78 is 0. The molecule has 3 heterocycles. The molecule has 9 aromatic rings. The van der Waals surface area contributed by atoms with Crippen molar-refractivity contribution in [2.24, 2.45) is 0 Å². The van der Waals surface area contributed by atoms with Gasteiger partial charge in [-0.1, -0.05) is 152 Å². The third-order valence-corrected chi connectivity index (χ3v) is 11.7. The lowest BCUT2D eigenvalue weighted by Gasteiger charge is -2.51. The Kier molecular flexibility index (Phi) is 8.33. The van der Waals surface area contributed by atoms with E-state index in [0.717, 1.165) is 61.8 Å². The summed E-state index contributed by atoms with van der Waals surface area (Å²) in [6.45, 7) is 0. The first-order valence-corrected chi connectivity index (χ1v) is 20.1. The van der Waals surface area contributed by atoms with Crippen molar-refractivity contribution in [3.8, 4) is 46.3 Å². The Morgan fingerprint density at radius 1 is 0.361 bits per heavy atom. The summed E-state index contributed by atoms with van der Waals surface area (Å²) in [7, 11) is 0. The molecule has 0 unspecified atom stereocenters. The van der Waals surface area contributed by atoms with E-state index in [1.165, 1.54) is 0 Å². The van der Waals surface area contributed by atoms with E-state index in [-0.39, 0.29) is 0 Å². The third-order valence-electron chi connectivity index (χ3n) is 11.7. The van der Waals surface area contributed by atoms with Crippen LogP contribution in [0, 0.1) is 22.7 Å². The predicted octanol–water partition coefficient (Wildman–Crippen LogP) is 12.6. The molecule has 0 atom stereocenters. The van der Waals surface area contributed by atoms with E-state index in [9.17, 15) is 10.5 Å². The van der Waals surface area contributed by atoms with Gasteiger partial charge < -0.3 is 9.80 Å². The summed E-state index contributed by atoms with van der Waals surface area (Å²) in [4.78, 5) is 19.2. The number of rotatable bonds is 5. The predicted molar refractivity (Wildman–Crippen MR) is 240 cm³/mol. The molecule has 7 nitrogen and oxygen atoms in total. The lowest BCUT2D eigenvalue weighted by molar-refractivity contribution is 0.718. The number of para-hydroxylation sites is 5. The van der Waals surface area contributed by atoms with Crippen molar-refractivity contribution in [3.63, 3.8) is 0 Å². The second-order valence-electron chi connectivity index (χ2n) is 15.0. The Balaban J connectivity index is 1.15. The quantitative estimate of drug-likeness (QED) is 0.172. The number of aromatic nitrogens is 3. The molecule has 0 radical (unpaired) electrons. The first kappa shape index (κ1) is 35.5. The van der Waals surface area contributed by atoms with Gasteiger partial charge in [0.15, 0.2) is 17.5 Å². The van der Waals surface area contributed by atoms with Crippen LogP contribution in [0.2, 0.25) is 0 Å². The van der Waals surface area contributed by atoms with Gasteiger partial charge in [0, 0.05) is 22.4 Å². The van der Waals surface area contributed by atoms with Crippen LogP contribution in [0.5, 0.6) is 0 Å². The minimum absolute atomic E-state index is 0.317. The van der Waals surface area contributed by atoms with E-state index in [2.05, 4.69) is 131 Å². The van der Waals surface area contributed by atoms with Crippen molar-refractivity contribution in [1.82, 2.24) is 15.0 Å². The lowest BCUT2D eigenvalue weighted by atomic mass is 9.60. The third kappa shape index (κ3) is 5.46. The highest BCUT2D eigenvalue weighted by atomic mass is 15.2. The molecule has 7 heteroatoms. The van der Waals surface area contributed by atoms with Crippen LogP contribution in [-0.2, 0) is 5.41 Å². The van der Waals surface area contributed by atoms with Gasteiger partial charge in [0.2, 0.25) is 0 Å². The molecule has 11 rings (SSSR count). The number of nitriles is 2. The zero-order chi connectivity index (χ0) is 40.9. The molecule has 8 aromatic carbocycles. The maximum atomic E-state index is 11.1. The number of benzene rings is 8. The van der Waals surface area contributed by atoms with Gasteiger partial charge in [0.05, 0.1) is 45.0 Å². The molecule has 0 saturated heterocycles. The van der Waals surface area contributed by atoms with E-state index < -0.39 is 5.41 Å². The first-order chi connectivity index (χ1) is 30.2. The zero-order valence-electron chi connectivity index (χ0n) is 32.7. The van der Waals surface area contributed by atoms with E-state index in [4.69, 9.17) is 15.0 Å². The van der Waals surface area contributed by atoms with Crippen molar-refractivity contribution in [1.29, 1.82) is 10.5 Å². The second-order valence-corrected chi connectivity index (χ2v) is 15.0. The Bertz CT molecular complexity index is 3050.